The van der Waals surface area contributed by atoms with E-state index in [-0.39, 0.29) is 22.9 Å². The van der Waals surface area contributed by atoms with Crippen LogP contribution in [-0.2, 0) is 0 Å². The first-order valence-electron chi connectivity index (χ1n) is 4.81. The molecule has 0 fully saturated rings. The minimum atomic E-state index is -0.658. The van der Waals surface area contributed by atoms with Gasteiger partial charge in [0.05, 0.1) is 11.5 Å². The number of nitro groups is 1. The molecule has 1 rings (SSSR count). The number of nitrogens with one attached hydrogen (secondary N) is 1. The summed E-state index contributed by atoms with van der Waals surface area (Å²) in [5.74, 6) is -0.494. The smallest absolute Gasteiger partial charge is 0.288 e. The van der Waals surface area contributed by atoms with Gasteiger partial charge >= 0.3 is 0 Å². The SMILES string of the molecule is C[C@@H](CO)NC(=O)c1ccc(Cl)c([N+](=O)[O-])c1. The number of benzene rings is 1. The number of rotatable bonds is 4. The second-order valence-electron chi connectivity index (χ2n) is 3.48. The third-order valence-corrected chi connectivity index (χ3v) is 2.38. The van der Waals surface area contributed by atoms with Gasteiger partial charge < -0.3 is 10.4 Å². The predicted molar refractivity (Wildman–Crippen MR) is 62.1 cm³/mol. The maximum absolute atomic E-state index is 11.6. The zero-order valence-electron chi connectivity index (χ0n) is 9.01. The van der Waals surface area contributed by atoms with Crippen LogP contribution < -0.4 is 5.32 Å². The summed E-state index contributed by atoms with van der Waals surface area (Å²) in [6.45, 7) is 1.41. The molecule has 1 aromatic carbocycles. The van der Waals surface area contributed by atoms with Gasteiger partial charge in [-0.05, 0) is 19.1 Å². The average Bonchev–Trinajstić information content (AvgIpc) is 2.28. The highest BCUT2D eigenvalue weighted by Gasteiger charge is 2.16. The van der Waals surface area contributed by atoms with Crippen LogP contribution in [0.4, 0.5) is 5.69 Å². The molecule has 0 heterocycles. The van der Waals surface area contributed by atoms with E-state index in [9.17, 15) is 14.9 Å². The predicted octanol–water partition coefficient (Wildman–Crippen LogP) is 1.36. The van der Waals surface area contributed by atoms with Crippen LogP contribution in [-0.4, -0.2) is 28.6 Å². The van der Waals surface area contributed by atoms with Crippen molar-refractivity contribution < 1.29 is 14.8 Å². The first-order chi connectivity index (χ1) is 7.95. The van der Waals surface area contributed by atoms with Gasteiger partial charge in [0.1, 0.15) is 5.02 Å². The molecule has 0 aliphatic heterocycles. The Morgan fingerprint density at radius 2 is 2.29 bits per heavy atom. The van der Waals surface area contributed by atoms with E-state index in [1.165, 1.54) is 12.1 Å². The van der Waals surface area contributed by atoms with Crippen molar-refractivity contribution in [2.24, 2.45) is 0 Å². The van der Waals surface area contributed by atoms with Gasteiger partial charge in [-0.15, -0.1) is 0 Å². The van der Waals surface area contributed by atoms with Crippen LogP contribution in [0.3, 0.4) is 0 Å². The number of amides is 1. The summed E-state index contributed by atoms with van der Waals surface area (Å²) in [7, 11) is 0. The lowest BCUT2D eigenvalue weighted by Crippen LogP contribution is -2.34. The summed E-state index contributed by atoms with van der Waals surface area (Å²) >= 11 is 5.62. The van der Waals surface area contributed by atoms with E-state index in [0.29, 0.717) is 0 Å². The van der Waals surface area contributed by atoms with Gasteiger partial charge in [-0.2, -0.15) is 0 Å². The lowest BCUT2D eigenvalue weighted by atomic mass is 10.2. The Kier molecular flexibility index (Phi) is 4.42. The highest BCUT2D eigenvalue weighted by Crippen LogP contribution is 2.24. The minimum absolute atomic E-state index is 0.0262. The van der Waals surface area contributed by atoms with E-state index >= 15 is 0 Å². The first-order valence-corrected chi connectivity index (χ1v) is 5.19. The molecule has 2 N–H and O–H groups in total. The van der Waals surface area contributed by atoms with Crippen molar-refractivity contribution >= 4 is 23.2 Å². The third kappa shape index (κ3) is 3.40. The number of nitrogens with zero attached hydrogens (tertiary/aromatic N) is 1. The highest BCUT2D eigenvalue weighted by atomic mass is 35.5. The number of carbonyl (C=O) groups excluding carboxylic acids is 1. The standard InChI is InChI=1S/C10H11ClN2O4/c1-6(5-14)12-10(15)7-2-3-8(11)9(4-7)13(16)17/h2-4,6,14H,5H2,1H3,(H,12,15)/t6-/m0/s1. The van der Waals surface area contributed by atoms with E-state index in [1.807, 2.05) is 0 Å². The normalized spacial score (nSPS) is 11.9. The van der Waals surface area contributed by atoms with E-state index in [4.69, 9.17) is 16.7 Å². The van der Waals surface area contributed by atoms with Crippen molar-refractivity contribution in [1.29, 1.82) is 0 Å². The molecule has 92 valence electrons. The molecule has 1 aromatic rings. The van der Waals surface area contributed by atoms with E-state index in [0.717, 1.165) is 6.07 Å². The summed E-state index contributed by atoms with van der Waals surface area (Å²) < 4.78 is 0. The second kappa shape index (κ2) is 5.60. The molecule has 17 heavy (non-hydrogen) atoms. The topological polar surface area (TPSA) is 92.5 Å². The maximum Gasteiger partial charge on any atom is 0.288 e. The van der Waals surface area contributed by atoms with Crippen molar-refractivity contribution in [2.45, 2.75) is 13.0 Å². The fourth-order valence-electron chi connectivity index (χ4n) is 1.15. The Morgan fingerprint density at radius 1 is 1.65 bits per heavy atom. The molecule has 0 saturated carbocycles. The number of hydrogen-bond acceptors (Lipinski definition) is 4. The number of nitro benzene ring substituents is 1. The Balaban J connectivity index is 2.96. The van der Waals surface area contributed by atoms with Gasteiger partial charge in [0.2, 0.25) is 0 Å². The third-order valence-electron chi connectivity index (χ3n) is 2.06. The number of carbonyl (C=O) groups is 1. The zero-order valence-corrected chi connectivity index (χ0v) is 9.77. The summed E-state index contributed by atoms with van der Waals surface area (Å²) in [5, 5.41) is 21.8. The van der Waals surface area contributed by atoms with Crippen LogP contribution in [0.2, 0.25) is 5.02 Å². The van der Waals surface area contributed by atoms with Crippen molar-refractivity contribution in [3.05, 3.63) is 38.9 Å². The molecule has 7 heteroatoms. The Labute approximate surface area is 102 Å². The molecule has 0 bridgehead atoms. The van der Waals surface area contributed by atoms with Crippen LogP contribution in [0.25, 0.3) is 0 Å². The van der Waals surface area contributed by atoms with Crippen LogP contribution in [0.15, 0.2) is 18.2 Å². The molecule has 0 saturated heterocycles. The Morgan fingerprint density at radius 3 is 2.82 bits per heavy atom. The van der Waals surface area contributed by atoms with Gasteiger partial charge in [-0.25, -0.2) is 0 Å². The zero-order chi connectivity index (χ0) is 13.0. The quantitative estimate of drug-likeness (QED) is 0.630. The summed E-state index contributed by atoms with van der Waals surface area (Å²) in [5.41, 5.74) is -0.197. The molecule has 6 nitrogen and oxygen atoms in total. The summed E-state index contributed by atoms with van der Waals surface area (Å²) in [4.78, 5) is 21.6. The molecule has 0 radical (unpaired) electrons. The summed E-state index contributed by atoms with van der Waals surface area (Å²) in [6, 6.07) is 3.35. The lowest BCUT2D eigenvalue weighted by Gasteiger charge is -2.10. The van der Waals surface area contributed by atoms with E-state index in [1.54, 1.807) is 6.92 Å². The monoisotopic (exact) mass is 258 g/mol. The van der Waals surface area contributed by atoms with Crippen LogP contribution >= 0.6 is 11.6 Å². The van der Waals surface area contributed by atoms with Gasteiger partial charge in [0.25, 0.3) is 11.6 Å². The lowest BCUT2D eigenvalue weighted by molar-refractivity contribution is -0.384. The van der Waals surface area contributed by atoms with Gasteiger partial charge in [-0.3, -0.25) is 14.9 Å². The fraction of sp³-hybridized carbons (Fsp3) is 0.300. The molecular formula is C10H11ClN2O4. The van der Waals surface area contributed by atoms with Gasteiger partial charge in [0.15, 0.2) is 0 Å². The number of halogens is 1. The molecule has 0 aromatic heterocycles. The largest absolute Gasteiger partial charge is 0.394 e. The first kappa shape index (κ1) is 13.4. The van der Waals surface area contributed by atoms with Gasteiger partial charge in [-0.1, -0.05) is 11.6 Å². The van der Waals surface area contributed by atoms with Gasteiger partial charge in [0, 0.05) is 17.7 Å². The molecule has 1 atom stereocenters. The number of aliphatic hydroxyl groups is 1. The van der Waals surface area contributed by atoms with E-state index < -0.39 is 16.9 Å². The molecule has 0 aliphatic rings. The van der Waals surface area contributed by atoms with Crippen molar-refractivity contribution in [1.82, 2.24) is 5.32 Å². The van der Waals surface area contributed by atoms with Crippen molar-refractivity contribution in [3.63, 3.8) is 0 Å². The Bertz CT molecular complexity index is 450. The number of aliphatic hydroxyl groups excluding tert-OH is 1. The molecule has 1 amide bonds. The molecular weight excluding hydrogens is 248 g/mol. The molecule has 0 unspecified atom stereocenters. The van der Waals surface area contributed by atoms with Crippen molar-refractivity contribution in [3.8, 4) is 0 Å². The second-order valence-corrected chi connectivity index (χ2v) is 3.89. The minimum Gasteiger partial charge on any atom is -0.394 e. The molecule has 0 aliphatic carbocycles. The van der Waals surface area contributed by atoms with E-state index in [2.05, 4.69) is 5.32 Å². The summed E-state index contributed by atoms with van der Waals surface area (Å²) in [6.07, 6.45) is 0. The number of hydrogen-bond donors (Lipinski definition) is 2. The van der Waals surface area contributed by atoms with Crippen LogP contribution in [0.1, 0.15) is 17.3 Å². The van der Waals surface area contributed by atoms with Crippen molar-refractivity contribution in [2.75, 3.05) is 6.61 Å². The Hall–Kier alpha value is -1.66. The molecule has 0 spiro atoms. The fourth-order valence-corrected chi connectivity index (χ4v) is 1.33. The average molecular weight is 259 g/mol. The highest BCUT2D eigenvalue weighted by molar-refractivity contribution is 6.32. The van der Waals surface area contributed by atoms with Crippen LogP contribution in [0, 0.1) is 10.1 Å². The van der Waals surface area contributed by atoms with Crippen LogP contribution in [0.5, 0.6) is 0 Å². The maximum atomic E-state index is 11.6.